The molecule has 1 aliphatic heterocycles. The molecule has 0 radical (unpaired) electrons. The van der Waals surface area contributed by atoms with Crippen LogP contribution >= 0.6 is 23.2 Å². The molecule has 10 heteroatoms. The largest absolute Gasteiger partial charge is 0.366 e. The number of tetrazole rings is 1. The molecule has 4 rings (SSSR count). The second-order valence-electron chi connectivity index (χ2n) is 8.73. The van der Waals surface area contributed by atoms with Gasteiger partial charge in [0.05, 0.1) is 38.9 Å². The minimum absolute atomic E-state index is 0.150. The van der Waals surface area contributed by atoms with E-state index in [2.05, 4.69) is 57.1 Å². The Labute approximate surface area is 197 Å². The summed E-state index contributed by atoms with van der Waals surface area (Å²) in [5, 5.41) is 23.0. The summed E-state index contributed by atoms with van der Waals surface area (Å²) < 4.78 is 1.87. The van der Waals surface area contributed by atoms with E-state index in [1.807, 2.05) is 28.9 Å². The number of nitrogens with zero attached hydrogens (tertiary/aromatic N) is 8. The molecular weight excluding hydrogens is 447 g/mol. The maximum absolute atomic E-state index is 9.20. The zero-order valence-electron chi connectivity index (χ0n) is 18.2. The van der Waals surface area contributed by atoms with Crippen LogP contribution in [0.3, 0.4) is 0 Å². The summed E-state index contributed by atoms with van der Waals surface area (Å²) in [5.74, 6) is 0.774. The SMILES string of the molecule is CC(C)(C)n1nnnc1C(c1ccc(C#N)cc1)N1CCN(c2c(Cl)cncc2Cl)CC1. The first kappa shape index (κ1) is 22.5. The molecule has 0 saturated carbocycles. The Morgan fingerprint density at radius 3 is 2.19 bits per heavy atom. The van der Waals surface area contributed by atoms with E-state index >= 15 is 0 Å². The van der Waals surface area contributed by atoms with Crippen LogP contribution in [0.25, 0.3) is 0 Å². The number of hydrogen-bond acceptors (Lipinski definition) is 7. The van der Waals surface area contributed by atoms with Gasteiger partial charge in [-0.25, -0.2) is 4.68 Å². The standard InChI is InChI=1S/C22H24Cl2N8/c1-22(2,3)32-21(27-28-29-32)19(16-6-4-15(12-25)5-7-16)30-8-10-31(11-9-30)20-17(23)13-26-14-18(20)24/h4-7,13-14,19H,8-11H2,1-3H3. The van der Waals surface area contributed by atoms with Crippen molar-refractivity contribution >= 4 is 28.9 Å². The molecule has 0 amide bonds. The fourth-order valence-corrected chi connectivity index (χ4v) is 4.62. The summed E-state index contributed by atoms with van der Waals surface area (Å²) in [4.78, 5) is 8.60. The van der Waals surface area contributed by atoms with Gasteiger partial charge in [-0.2, -0.15) is 5.26 Å². The first-order valence-electron chi connectivity index (χ1n) is 10.4. The maximum Gasteiger partial charge on any atom is 0.173 e. The van der Waals surface area contributed by atoms with Crippen LogP contribution in [0, 0.1) is 11.3 Å². The van der Waals surface area contributed by atoms with Gasteiger partial charge in [-0.05, 0) is 48.9 Å². The van der Waals surface area contributed by atoms with Gasteiger partial charge in [-0.3, -0.25) is 9.88 Å². The van der Waals surface area contributed by atoms with E-state index in [0.29, 0.717) is 15.6 Å². The number of piperazine rings is 1. The molecule has 1 saturated heterocycles. The summed E-state index contributed by atoms with van der Waals surface area (Å²) in [6.07, 6.45) is 3.23. The van der Waals surface area contributed by atoms with Gasteiger partial charge in [-0.1, -0.05) is 35.3 Å². The molecule has 1 aliphatic rings. The molecule has 1 aromatic carbocycles. The van der Waals surface area contributed by atoms with Gasteiger partial charge < -0.3 is 4.90 Å². The van der Waals surface area contributed by atoms with Gasteiger partial charge in [-0.15, -0.1) is 5.10 Å². The summed E-state index contributed by atoms with van der Waals surface area (Å²) in [6, 6.07) is 9.66. The topological polar surface area (TPSA) is 86.8 Å². The third-order valence-electron chi connectivity index (χ3n) is 5.55. The Morgan fingerprint density at radius 1 is 1.00 bits per heavy atom. The molecule has 1 atom stereocenters. The van der Waals surface area contributed by atoms with Crippen molar-refractivity contribution in [1.82, 2.24) is 30.1 Å². The van der Waals surface area contributed by atoms with Gasteiger partial charge >= 0.3 is 0 Å². The van der Waals surface area contributed by atoms with Gasteiger partial charge in [0, 0.05) is 38.6 Å². The van der Waals surface area contributed by atoms with Crippen LogP contribution in [0.1, 0.15) is 43.8 Å². The molecule has 166 valence electrons. The van der Waals surface area contributed by atoms with E-state index in [0.717, 1.165) is 43.3 Å². The van der Waals surface area contributed by atoms with Crippen molar-refractivity contribution < 1.29 is 0 Å². The summed E-state index contributed by atoms with van der Waals surface area (Å²) >= 11 is 12.8. The Morgan fingerprint density at radius 2 is 1.62 bits per heavy atom. The molecule has 0 aliphatic carbocycles. The second kappa shape index (κ2) is 9.02. The third kappa shape index (κ3) is 4.42. The second-order valence-corrected chi connectivity index (χ2v) is 9.55. The highest BCUT2D eigenvalue weighted by molar-refractivity contribution is 6.38. The quantitative estimate of drug-likeness (QED) is 0.570. The van der Waals surface area contributed by atoms with Crippen LogP contribution in [0.15, 0.2) is 36.7 Å². The predicted molar refractivity (Wildman–Crippen MR) is 124 cm³/mol. The van der Waals surface area contributed by atoms with Crippen LogP contribution in [0.4, 0.5) is 5.69 Å². The van der Waals surface area contributed by atoms with E-state index < -0.39 is 0 Å². The average molecular weight is 471 g/mol. The molecule has 0 N–H and O–H groups in total. The minimum atomic E-state index is -0.274. The molecular formula is C22H24Cl2N8. The first-order valence-corrected chi connectivity index (χ1v) is 11.1. The molecule has 3 aromatic rings. The van der Waals surface area contributed by atoms with Gasteiger partial charge in [0.25, 0.3) is 0 Å². The van der Waals surface area contributed by atoms with Crippen LogP contribution in [-0.4, -0.2) is 56.3 Å². The average Bonchev–Trinajstić information content (AvgIpc) is 3.25. The van der Waals surface area contributed by atoms with Crippen molar-refractivity contribution in [1.29, 1.82) is 5.26 Å². The van der Waals surface area contributed by atoms with Crippen LogP contribution in [-0.2, 0) is 5.54 Å². The molecule has 0 spiro atoms. The third-order valence-corrected chi connectivity index (χ3v) is 6.11. The number of anilines is 1. The number of nitriles is 1. The summed E-state index contributed by atoms with van der Waals surface area (Å²) in [7, 11) is 0. The lowest BCUT2D eigenvalue weighted by atomic mass is 10.0. The molecule has 8 nitrogen and oxygen atoms in total. The number of pyridine rings is 1. The highest BCUT2D eigenvalue weighted by Gasteiger charge is 2.33. The zero-order valence-corrected chi connectivity index (χ0v) is 19.7. The van der Waals surface area contributed by atoms with Crippen molar-refractivity contribution in [2.75, 3.05) is 31.1 Å². The summed E-state index contributed by atoms with van der Waals surface area (Å²) in [6.45, 7) is 9.24. The van der Waals surface area contributed by atoms with Crippen molar-refractivity contribution in [3.05, 3.63) is 63.7 Å². The van der Waals surface area contributed by atoms with Crippen molar-refractivity contribution in [3.63, 3.8) is 0 Å². The van der Waals surface area contributed by atoms with E-state index in [4.69, 9.17) is 23.2 Å². The molecule has 1 unspecified atom stereocenters. The fraction of sp³-hybridized carbons (Fsp3) is 0.409. The van der Waals surface area contributed by atoms with E-state index in [9.17, 15) is 5.26 Å². The summed E-state index contributed by atoms with van der Waals surface area (Å²) in [5.41, 5.74) is 2.20. The normalized spacial score (nSPS) is 16.1. The van der Waals surface area contributed by atoms with Crippen molar-refractivity contribution in [2.24, 2.45) is 0 Å². The lowest BCUT2D eigenvalue weighted by molar-refractivity contribution is 0.191. The lowest BCUT2D eigenvalue weighted by Gasteiger charge is -2.40. The molecule has 2 aromatic heterocycles. The van der Waals surface area contributed by atoms with E-state index in [1.54, 1.807) is 12.4 Å². The number of benzene rings is 1. The highest BCUT2D eigenvalue weighted by atomic mass is 35.5. The number of aromatic nitrogens is 5. The molecule has 1 fully saturated rings. The predicted octanol–water partition coefficient (Wildman–Crippen LogP) is 3.91. The minimum Gasteiger partial charge on any atom is -0.366 e. The van der Waals surface area contributed by atoms with Crippen LogP contribution in [0.2, 0.25) is 10.0 Å². The Kier molecular flexibility index (Phi) is 6.33. The first-order chi connectivity index (χ1) is 15.3. The van der Waals surface area contributed by atoms with Gasteiger partial charge in [0.2, 0.25) is 0 Å². The van der Waals surface area contributed by atoms with Crippen LogP contribution < -0.4 is 4.90 Å². The number of rotatable bonds is 4. The van der Waals surface area contributed by atoms with E-state index in [-0.39, 0.29) is 11.6 Å². The highest BCUT2D eigenvalue weighted by Crippen LogP contribution is 2.35. The lowest BCUT2D eigenvalue weighted by Crippen LogP contribution is -2.49. The zero-order chi connectivity index (χ0) is 22.9. The van der Waals surface area contributed by atoms with Crippen molar-refractivity contribution in [2.45, 2.75) is 32.4 Å². The number of halogens is 2. The molecule has 32 heavy (non-hydrogen) atoms. The maximum atomic E-state index is 9.20. The molecule has 3 heterocycles. The Bertz CT molecular complexity index is 1100. The number of hydrogen-bond donors (Lipinski definition) is 0. The smallest absolute Gasteiger partial charge is 0.173 e. The van der Waals surface area contributed by atoms with Gasteiger partial charge in [0.15, 0.2) is 5.82 Å². The van der Waals surface area contributed by atoms with Crippen molar-refractivity contribution in [3.8, 4) is 6.07 Å². The molecule has 0 bridgehead atoms. The Hall–Kier alpha value is -2.73. The van der Waals surface area contributed by atoms with E-state index in [1.165, 1.54) is 0 Å². The Balaban J connectivity index is 1.66. The van der Waals surface area contributed by atoms with Crippen LogP contribution in [0.5, 0.6) is 0 Å². The monoisotopic (exact) mass is 470 g/mol. The van der Waals surface area contributed by atoms with Gasteiger partial charge in [0.1, 0.15) is 0 Å². The fourth-order valence-electron chi connectivity index (χ4n) is 4.02.